The number of amides is 1. The van der Waals surface area contributed by atoms with Gasteiger partial charge in [0.2, 0.25) is 5.91 Å². The first-order valence-corrected chi connectivity index (χ1v) is 15.5. The van der Waals surface area contributed by atoms with Crippen LogP contribution in [-0.2, 0) is 45.0 Å². The Hall–Kier alpha value is -4.42. The fourth-order valence-corrected chi connectivity index (χ4v) is 5.60. The van der Waals surface area contributed by atoms with Gasteiger partial charge in [-0.15, -0.1) is 0 Å². The molecule has 4 aromatic carbocycles. The van der Waals surface area contributed by atoms with Crippen LogP contribution in [0.2, 0.25) is 5.02 Å². The standard InChI is InChI=1S/C37H36ClNO5/c38-32-11-5-10-30(22-32)29-15-12-26(13-16-29)14-18-33(24-37(42)43-25-27-6-2-1-3-7-27)39-35(40)20-21-36(41)44-34-19-17-28-8-4-9-31(28)23-34/h1-3,5-7,10-13,15-17,19,22-23,33H,4,8-9,14,18,20-21,24-25H2,(H,39,40)/t33-/m1/s1. The molecule has 0 saturated carbocycles. The molecule has 0 spiro atoms. The quantitative estimate of drug-likeness (QED) is 0.126. The molecule has 0 aromatic heterocycles. The van der Waals surface area contributed by atoms with E-state index < -0.39 is 18.0 Å². The van der Waals surface area contributed by atoms with Gasteiger partial charge >= 0.3 is 11.9 Å². The Morgan fingerprint density at radius 3 is 2.34 bits per heavy atom. The molecular weight excluding hydrogens is 574 g/mol. The third kappa shape index (κ3) is 9.29. The average Bonchev–Trinajstić information content (AvgIpc) is 3.50. The third-order valence-electron chi connectivity index (χ3n) is 7.77. The van der Waals surface area contributed by atoms with Crippen LogP contribution >= 0.6 is 11.6 Å². The van der Waals surface area contributed by atoms with E-state index in [9.17, 15) is 14.4 Å². The van der Waals surface area contributed by atoms with Gasteiger partial charge in [-0.2, -0.15) is 0 Å². The van der Waals surface area contributed by atoms with E-state index in [2.05, 4.69) is 5.32 Å². The van der Waals surface area contributed by atoms with Crippen molar-refractivity contribution < 1.29 is 23.9 Å². The van der Waals surface area contributed by atoms with Crippen molar-refractivity contribution in [2.24, 2.45) is 0 Å². The number of nitrogens with one attached hydrogen (secondary N) is 1. The Kier molecular flexibility index (Phi) is 10.8. The van der Waals surface area contributed by atoms with Crippen LogP contribution in [0.5, 0.6) is 5.75 Å². The average molecular weight is 610 g/mol. The minimum atomic E-state index is -0.461. The maximum absolute atomic E-state index is 12.9. The van der Waals surface area contributed by atoms with E-state index in [-0.39, 0.29) is 31.8 Å². The Balaban J connectivity index is 1.15. The van der Waals surface area contributed by atoms with Crippen molar-refractivity contribution in [3.8, 4) is 16.9 Å². The Bertz CT molecular complexity index is 1590. The summed E-state index contributed by atoms with van der Waals surface area (Å²) in [6.45, 7) is 0.167. The molecular formula is C37H36ClNO5. The van der Waals surface area contributed by atoms with Gasteiger partial charge in [-0.25, -0.2) is 0 Å². The molecule has 1 atom stereocenters. The lowest BCUT2D eigenvalue weighted by atomic mass is 9.99. The van der Waals surface area contributed by atoms with Gasteiger partial charge in [0.05, 0.1) is 12.8 Å². The second-order valence-electron chi connectivity index (χ2n) is 11.1. The van der Waals surface area contributed by atoms with Crippen LogP contribution in [0, 0.1) is 0 Å². The van der Waals surface area contributed by atoms with E-state index in [0.29, 0.717) is 23.6 Å². The van der Waals surface area contributed by atoms with Crippen LogP contribution in [-0.4, -0.2) is 23.9 Å². The molecule has 0 radical (unpaired) electrons. The molecule has 0 saturated heterocycles. The fourth-order valence-electron chi connectivity index (χ4n) is 5.41. The summed E-state index contributed by atoms with van der Waals surface area (Å²) in [5, 5.41) is 3.63. The molecule has 0 bridgehead atoms. The molecule has 6 nitrogen and oxygen atoms in total. The SMILES string of the molecule is O=C(CCC(=O)Oc1ccc2c(c1)CCC2)N[C@H](CCc1ccc(-c2cccc(Cl)c2)cc1)CC(=O)OCc1ccccc1. The van der Waals surface area contributed by atoms with Crippen LogP contribution in [0.15, 0.2) is 97.1 Å². The Morgan fingerprint density at radius 1 is 0.750 bits per heavy atom. The molecule has 1 aliphatic rings. The summed E-state index contributed by atoms with van der Waals surface area (Å²) in [7, 11) is 0. The van der Waals surface area contributed by atoms with Crippen molar-refractivity contribution in [1.82, 2.24) is 5.32 Å². The number of ether oxygens (including phenoxy) is 2. The van der Waals surface area contributed by atoms with E-state index >= 15 is 0 Å². The normalized spacial score (nSPS) is 12.7. The molecule has 44 heavy (non-hydrogen) atoms. The van der Waals surface area contributed by atoms with Crippen LogP contribution in [0.3, 0.4) is 0 Å². The van der Waals surface area contributed by atoms with Crippen LogP contribution in [0.4, 0.5) is 0 Å². The van der Waals surface area contributed by atoms with Gasteiger partial charge in [0.15, 0.2) is 0 Å². The number of hydrogen-bond acceptors (Lipinski definition) is 5. The molecule has 0 heterocycles. The van der Waals surface area contributed by atoms with Crippen molar-refractivity contribution in [3.05, 3.63) is 124 Å². The van der Waals surface area contributed by atoms with E-state index in [0.717, 1.165) is 41.5 Å². The highest BCUT2D eigenvalue weighted by molar-refractivity contribution is 6.30. The lowest BCUT2D eigenvalue weighted by molar-refractivity contribution is -0.146. The number of rotatable bonds is 13. The second kappa shape index (κ2) is 15.3. The number of aryl methyl sites for hydroxylation is 3. The van der Waals surface area contributed by atoms with Gasteiger partial charge < -0.3 is 14.8 Å². The number of benzene rings is 4. The lowest BCUT2D eigenvalue weighted by Gasteiger charge is -2.18. The van der Waals surface area contributed by atoms with E-state index in [4.69, 9.17) is 21.1 Å². The zero-order chi connectivity index (χ0) is 30.7. The maximum Gasteiger partial charge on any atom is 0.311 e. The third-order valence-corrected chi connectivity index (χ3v) is 8.01. The van der Waals surface area contributed by atoms with Crippen molar-refractivity contribution >= 4 is 29.4 Å². The highest BCUT2D eigenvalue weighted by Gasteiger charge is 2.19. The molecule has 1 aliphatic carbocycles. The summed E-state index contributed by atoms with van der Waals surface area (Å²) in [4.78, 5) is 38.1. The lowest BCUT2D eigenvalue weighted by Crippen LogP contribution is -2.37. The van der Waals surface area contributed by atoms with Crippen molar-refractivity contribution in [3.63, 3.8) is 0 Å². The number of halogens is 1. The van der Waals surface area contributed by atoms with Crippen LogP contribution in [0.1, 0.15) is 54.4 Å². The van der Waals surface area contributed by atoms with Gasteiger partial charge in [0, 0.05) is 17.5 Å². The van der Waals surface area contributed by atoms with Crippen molar-refractivity contribution in [2.75, 3.05) is 0 Å². The molecule has 1 N–H and O–H groups in total. The predicted octanol–water partition coefficient (Wildman–Crippen LogP) is 7.43. The monoisotopic (exact) mass is 609 g/mol. The first-order valence-electron chi connectivity index (χ1n) is 15.1. The van der Waals surface area contributed by atoms with Gasteiger partial charge in [-0.05, 0) is 89.8 Å². The number of fused-ring (bicyclic) bond motifs is 1. The molecule has 7 heteroatoms. The number of carbonyl (C=O) groups excluding carboxylic acids is 3. The molecule has 4 aromatic rings. The Morgan fingerprint density at radius 2 is 1.55 bits per heavy atom. The van der Waals surface area contributed by atoms with Gasteiger partial charge in [0.25, 0.3) is 0 Å². The van der Waals surface area contributed by atoms with Crippen LogP contribution < -0.4 is 10.1 Å². The number of carbonyl (C=O) groups is 3. The minimum Gasteiger partial charge on any atom is -0.461 e. The summed E-state index contributed by atoms with van der Waals surface area (Å²) in [6, 6.07) is 30.6. The van der Waals surface area contributed by atoms with Crippen molar-refractivity contribution in [2.45, 2.75) is 64.0 Å². The Labute approximate surface area is 263 Å². The van der Waals surface area contributed by atoms with E-state index in [1.54, 1.807) is 6.07 Å². The fraction of sp³-hybridized carbons (Fsp3) is 0.270. The smallest absolute Gasteiger partial charge is 0.311 e. The van der Waals surface area contributed by atoms with Crippen LogP contribution in [0.25, 0.3) is 11.1 Å². The van der Waals surface area contributed by atoms with Gasteiger partial charge in [-0.3, -0.25) is 14.4 Å². The predicted molar refractivity (Wildman–Crippen MR) is 171 cm³/mol. The summed E-state index contributed by atoms with van der Waals surface area (Å²) in [5.74, 6) is -0.660. The topological polar surface area (TPSA) is 81.7 Å². The van der Waals surface area contributed by atoms with Gasteiger partial charge in [-0.1, -0.05) is 84.4 Å². The maximum atomic E-state index is 12.9. The zero-order valence-electron chi connectivity index (χ0n) is 24.6. The first-order chi connectivity index (χ1) is 21.4. The first kappa shape index (κ1) is 31.0. The number of esters is 2. The minimum absolute atomic E-state index is 0.0265. The zero-order valence-corrected chi connectivity index (χ0v) is 25.4. The van der Waals surface area contributed by atoms with Gasteiger partial charge in [0.1, 0.15) is 12.4 Å². The van der Waals surface area contributed by atoms with E-state index in [1.165, 1.54) is 11.1 Å². The second-order valence-corrected chi connectivity index (χ2v) is 11.6. The highest BCUT2D eigenvalue weighted by Crippen LogP contribution is 2.26. The molecule has 226 valence electrons. The molecule has 1 amide bonds. The molecule has 0 fully saturated rings. The molecule has 5 rings (SSSR count). The van der Waals surface area contributed by atoms with E-state index in [1.807, 2.05) is 91.0 Å². The summed E-state index contributed by atoms with van der Waals surface area (Å²) in [5.41, 5.74) is 6.57. The summed E-state index contributed by atoms with van der Waals surface area (Å²) >= 11 is 6.15. The molecule has 0 unspecified atom stereocenters. The van der Waals surface area contributed by atoms with Crippen molar-refractivity contribution in [1.29, 1.82) is 0 Å². The number of hydrogen-bond donors (Lipinski definition) is 1. The summed E-state index contributed by atoms with van der Waals surface area (Å²) < 4.78 is 11.0. The molecule has 0 aliphatic heterocycles. The summed E-state index contributed by atoms with van der Waals surface area (Å²) in [6.07, 6.45) is 4.27. The largest absolute Gasteiger partial charge is 0.461 e. The highest BCUT2D eigenvalue weighted by atomic mass is 35.5.